The molecule has 3 rings (SSSR count). The zero-order valence-electron chi connectivity index (χ0n) is 11.4. The number of fused-ring (bicyclic) bond motifs is 1. The van der Waals surface area contributed by atoms with Crippen LogP contribution in [-0.4, -0.2) is 11.1 Å². The predicted octanol–water partition coefficient (Wildman–Crippen LogP) is 4.72. The van der Waals surface area contributed by atoms with Gasteiger partial charge in [0.05, 0.1) is 5.02 Å². The van der Waals surface area contributed by atoms with E-state index in [1.54, 1.807) is 37.3 Å². The lowest BCUT2D eigenvalue weighted by Gasteiger charge is -2.29. The van der Waals surface area contributed by atoms with Crippen LogP contribution in [0.15, 0.2) is 40.9 Å². The number of rotatable bonds is 2. The summed E-state index contributed by atoms with van der Waals surface area (Å²) in [6.45, 7) is 1.73. The van der Waals surface area contributed by atoms with Gasteiger partial charge in [0, 0.05) is 27.6 Å². The average molecular weight is 386 g/mol. The van der Waals surface area contributed by atoms with Crippen molar-refractivity contribution in [2.45, 2.75) is 18.4 Å². The van der Waals surface area contributed by atoms with Crippen LogP contribution in [0, 0.1) is 5.82 Å². The van der Waals surface area contributed by atoms with Gasteiger partial charge < -0.3 is 9.84 Å². The summed E-state index contributed by atoms with van der Waals surface area (Å²) in [5.41, 5.74) is -0.559. The number of carboxylic acids is 1. The number of carboxylic acid groups (broad SMARTS) is 1. The third-order valence-corrected chi connectivity index (χ3v) is 5.42. The van der Waals surface area contributed by atoms with Gasteiger partial charge in [0.15, 0.2) is 0 Å². The van der Waals surface area contributed by atoms with E-state index in [0.717, 1.165) is 6.07 Å². The number of ether oxygens (including phenoxy) is 1. The van der Waals surface area contributed by atoms with Gasteiger partial charge in [-0.25, -0.2) is 9.18 Å². The fraction of sp³-hybridized carbons (Fsp3) is 0.188. The number of benzene rings is 2. The van der Waals surface area contributed by atoms with Crippen LogP contribution in [0.5, 0.6) is 5.75 Å². The van der Waals surface area contributed by atoms with Gasteiger partial charge in [-0.15, -0.1) is 0 Å². The first-order valence-corrected chi connectivity index (χ1v) is 7.72. The molecule has 1 aliphatic rings. The topological polar surface area (TPSA) is 46.5 Å². The molecular formula is C16H11BrClFO3. The van der Waals surface area contributed by atoms with E-state index >= 15 is 0 Å². The molecule has 1 aliphatic heterocycles. The highest BCUT2D eigenvalue weighted by atomic mass is 79.9. The summed E-state index contributed by atoms with van der Waals surface area (Å²) in [7, 11) is 0. The van der Waals surface area contributed by atoms with Gasteiger partial charge in [-0.3, -0.25) is 0 Å². The molecule has 0 aliphatic carbocycles. The van der Waals surface area contributed by atoms with E-state index in [9.17, 15) is 14.3 Å². The molecule has 0 fully saturated rings. The van der Waals surface area contributed by atoms with Crippen molar-refractivity contribution in [1.29, 1.82) is 0 Å². The molecule has 0 bridgehead atoms. The normalized spacial score (nSPS) is 23.0. The van der Waals surface area contributed by atoms with E-state index < -0.39 is 23.3 Å². The standard InChI is InChI=1S/C16H11BrClFO3/c1-8-12-11(7-10(19)14(18)13(12)17)22-16(8,15(20)21)9-5-3-2-4-6-9/h2-8H,1H3,(H,20,21). The highest BCUT2D eigenvalue weighted by molar-refractivity contribution is 9.10. The first-order valence-electron chi connectivity index (χ1n) is 6.55. The first-order chi connectivity index (χ1) is 10.4. The number of carbonyl (C=O) groups is 1. The Hall–Kier alpha value is -1.59. The smallest absolute Gasteiger partial charge is 0.353 e. The maximum Gasteiger partial charge on any atom is 0.353 e. The van der Waals surface area contributed by atoms with E-state index in [-0.39, 0.29) is 10.8 Å². The fourth-order valence-corrected chi connectivity index (χ4v) is 3.77. The van der Waals surface area contributed by atoms with Crippen LogP contribution in [0.3, 0.4) is 0 Å². The third kappa shape index (κ3) is 1.96. The van der Waals surface area contributed by atoms with Crippen molar-refractivity contribution in [2.24, 2.45) is 0 Å². The summed E-state index contributed by atoms with van der Waals surface area (Å²) in [5, 5.41) is 9.74. The molecule has 0 amide bonds. The van der Waals surface area contributed by atoms with Crippen molar-refractivity contribution in [2.75, 3.05) is 0 Å². The summed E-state index contributed by atoms with van der Waals surface area (Å²) in [6, 6.07) is 9.76. The molecule has 0 spiro atoms. The molecule has 0 radical (unpaired) electrons. The number of hydrogen-bond donors (Lipinski definition) is 1. The van der Waals surface area contributed by atoms with Crippen molar-refractivity contribution in [1.82, 2.24) is 0 Å². The van der Waals surface area contributed by atoms with Crippen molar-refractivity contribution in [3.8, 4) is 5.75 Å². The van der Waals surface area contributed by atoms with Crippen LogP contribution in [0.4, 0.5) is 4.39 Å². The van der Waals surface area contributed by atoms with Crippen LogP contribution in [-0.2, 0) is 10.4 Å². The van der Waals surface area contributed by atoms with E-state index in [0.29, 0.717) is 15.6 Å². The molecule has 3 nitrogen and oxygen atoms in total. The molecule has 2 atom stereocenters. The third-order valence-electron chi connectivity index (χ3n) is 4.00. The quantitative estimate of drug-likeness (QED) is 0.761. The Morgan fingerprint density at radius 2 is 2.05 bits per heavy atom. The molecule has 114 valence electrons. The van der Waals surface area contributed by atoms with Crippen LogP contribution >= 0.6 is 27.5 Å². The molecule has 1 heterocycles. The number of hydrogen-bond acceptors (Lipinski definition) is 2. The van der Waals surface area contributed by atoms with Crippen molar-refractivity contribution < 1.29 is 19.0 Å². The molecular weight excluding hydrogens is 375 g/mol. The minimum atomic E-state index is -1.61. The molecule has 2 aromatic carbocycles. The van der Waals surface area contributed by atoms with Crippen molar-refractivity contribution in [3.63, 3.8) is 0 Å². The lowest BCUT2D eigenvalue weighted by atomic mass is 9.80. The Balaban J connectivity index is 2.25. The second-order valence-corrected chi connectivity index (χ2v) is 6.30. The number of halogens is 3. The first kappa shape index (κ1) is 15.3. The second-order valence-electron chi connectivity index (χ2n) is 5.13. The van der Waals surface area contributed by atoms with Crippen LogP contribution in [0.1, 0.15) is 24.0 Å². The van der Waals surface area contributed by atoms with Gasteiger partial charge in [0.25, 0.3) is 0 Å². The number of aliphatic carboxylic acids is 1. The van der Waals surface area contributed by atoms with Crippen LogP contribution < -0.4 is 4.74 Å². The van der Waals surface area contributed by atoms with Gasteiger partial charge in [-0.2, -0.15) is 0 Å². The zero-order valence-corrected chi connectivity index (χ0v) is 13.8. The van der Waals surface area contributed by atoms with E-state index in [1.807, 2.05) is 0 Å². The maximum absolute atomic E-state index is 13.8. The van der Waals surface area contributed by atoms with Crippen molar-refractivity contribution in [3.05, 3.63) is 62.8 Å². The predicted molar refractivity (Wildman–Crippen MR) is 83.9 cm³/mol. The van der Waals surface area contributed by atoms with E-state index in [4.69, 9.17) is 16.3 Å². The summed E-state index contributed by atoms with van der Waals surface area (Å²) in [6.07, 6.45) is 0. The fourth-order valence-electron chi connectivity index (χ4n) is 2.89. The largest absolute Gasteiger partial charge is 0.478 e. The lowest BCUT2D eigenvalue weighted by molar-refractivity contribution is -0.156. The summed E-state index contributed by atoms with van der Waals surface area (Å²) in [4.78, 5) is 12.0. The highest BCUT2D eigenvalue weighted by Gasteiger charge is 2.55. The van der Waals surface area contributed by atoms with Gasteiger partial charge in [0.2, 0.25) is 5.60 Å². The van der Waals surface area contributed by atoms with Crippen LogP contribution in [0.2, 0.25) is 5.02 Å². The molecule has 2 unspecified atom stereocenters. The highest BCUT2D eigenvalue weighted by Crippen LogP contribution is 2.54. The lowest BCUT2D eigenvalue weighted by Crippen LogP contribution is -2.42. The summed E-state index contributed by atoms with van der Waals surface area (Å²) < 4.78 is 19.9. The second kappa shape index (κ2) is 5.25. The Morgan fingerprint density at radius 3 is 2.64 bits per heavy atom. The maximum atomic E-state index is 13.8. The van der Waals surface area contributed by atoms with Gasteiger partial charge in [0.1, 0.15) is 11.6 Å². The average Bonchev–Trinajstić information content (AvgIpc) is 2.79. The van der Waals surface area contributed by atoms with Crippen LogP contribution in [0.25, 0.3) is 0 Å². The molecule has 22 heavy (non-hydrogen) atoms. The van der Waals surface area contributed by atoms with Gasteiger partial charge in [-0.1, -0.05) is 48.9 Å². The minimum Gasteiger partial charge on any atom is -0.478 e. The monoisotopic (exact) mass is 384 g/mol. The van der Waals surface area contributed by atoms with E-state index in [2.05, 4.69) is 15.9 Å². The molecule has 0 aromatic heterocycles. The SMILES string of the molecule is CC1c2c(cc(F)c(Cl)c2Br)OC1(C(=O)O)c1ccccc1. The Labute approximate surface area is 139 Å². The Morgan fingerprint density at radius 1 is 1.41 bits per heavy atom. The zero-order chi connectivity index (χ0) is 16.1. The van der Waals surface area contributed by atoms with Gasteiger partial charge >= 0.3 is 5.97 Å². The van der Waals surface area contributed by atoms with Gasteiger partial charge in [-0.05, 0) is 15.9 Å². The molecule has 0 saturated heterocycles. The summed E-state index contributed by atoms with van der Waals surface area (Å²) in [5.74, 6) is -2.15. The Bertz CT molecular complexity index is 766. The van der Waals surface area contributed by atoms with E-state index in [1.165, 1.54) is 0 Å². The molecule has 0 saturated carbocycles. The molecule has 1 N–H and O–H groups in total. The molecule has 6 heteroatoms. The van der Waals surface area contributed by atoms with Crippen molar-refractivity contribution >= 4 is 33.5 Å². The minimum absolute atomic E-state index is 0.0801. The summed E-state index contributed by atoms with van der Waals surface area (Å²) >= 11 is 9.17. The Kier molecular flexibility index (Phi) is 3.65. The molecule has 2 aromatic rings.